The molecule has 0 radical (unpaired) electrons. The minimum atomic E-state index is -1.61. The Hall–Kier alpha value is 0.467. The summed E-state index contributed by atoms with van der Waals surface area (Å²) in [5.74, 6) is 0. The van der Waals surface area contributed by atoms with E-state index in [2.05, 4.69) is 20.0 Å². The van der Waals surface area contributed by atoms with Crippen molar-refractivity contribution in [1.29, 1.82) is 0 Å². The van der Waals surface area contributed by atoms with Crippen LogP contribution in [0.5, 0.6) is 0 Å². The fraction of sp³-hybridized carbons (Fsp3) is 1.00. The van der Waals surface area contributed by atoms with Crippen molar-refractivity contribution in [3.8, 4) is 0 Å². The summed E-state index contributed by atoms with van der Waals surface area (Å²) < 4.78 is 0. The molecule has 19 heavy (non-hydrogen) atoms. The molecule has 0 saturated heterocycles. The maximum atomic E-state index is 6.33. The molecule has 1 nitrogen and oxygen atoms in total. The van der Waals surface area contributed by atoms with Gasteiger partial charge in [-0.2, -0.15) is 11.1 Å². The van der Waals surface area contributed by atoms with Crippen molar-refractivity contribution in [3.63, 3.8) is 0 Å². The van der Waals surface area contributed by atoms with Gasteiger partial charge in [-0.3, -0.25) is 0 Å². The van der Waals surface area contributed by atoms with Gasteiger partial charge in [0.05, 0.1) is 0 Å². The third-order valence-electron chi connectivity index (χ3n) is 4.00. The van der Waals surface area contributed by atoms with Gasteiger partial charge in [-0.1, -0.05) is 90.6 Å². The van der Waals surface area contributed by atoms with Gasteiger partial charge in [0, 0.05) is 5.67 Å². The van der Waals surface area contributed by atoms with Gasteiger partial charge in [-0.15, -0.1) is 0 Å². The third-order valence-corrected chi connectivity index (χ3v) is 6.89. The van der Waals surface area contributed by atoms with E-state index >= 15 is 0 Å². The first-order chi connectivity index (χ1) is 8.98. The van der Waals surface area contributed by atoms with E-state index in [9.17, 15) is 0 Å². The third kappa shape index (κ3) is 13.2. The second-order valence-electron chi connectivity index (χ2n) is 6.50. The lowest BCUT2D eigenvalue weighted by atomic mass is 10.1. The summed E-state index contributed by atoms with van der Waals surface area (Å²) in [5.41, 5.74) is 6.37. The highest BCUT2D eigenvalue weighted by Crippen LogP contribution is 2.17. The average molecular weight is 306 g/mol. The molecular formula is C16H36ClNSi. The van der Waals surface area contributed by atoms with Gasteiger partial charge in [0.1, 0.15) is 0 Å². The van der Waals surface area contributed by atoms with E-state index in [1.807, 2.05) is 0 Å². The summed E-state index contributed by atoms with van der Waals surface area (Å²) in [6.45, 7) is 6.58. The lowest BCUT2D eigenvalue weighted by Gasteiger charge is -2.21. The van der Waals surface area contributed by atoms with Crippen LogP contribution in [0.2, 0.25) is 13.1 Å². The van der Waals surface area contributed by atoms with Crippen LogP contribution in [0.25, 0.3) is 0 Å². The Bertz CT molecular complexity index is 192. The maximum Gasteiger partial charge on any atom is 0.166 e. The minimum absolute atomic E-state index is 0.271. The number of halogens is 1. The molecule has 0 fully saturated rings. The normalized spacial score (nSPS) is 13.7. The predicted molar refractivity (Wildman–Crippen MR) is 92.4 cm³/mol. The van der Waals surface area contributed by atoms with Crippen molar-refractivity contribution < 1.29 is 0 Å². The zero-order valence-electron chi connectivity index (χ0n) is 13.5. The van der Waals surface area contributed by atoms with Crippen molar-refractivity contribution in [2.75, 3.05) is 0 Å². The molecule has 0 bridgehead atoms. The highest BCUT2D eigenvalue weighted by Gasteiger charge is 2.25. The Morgan fingerprint density at radius 1 is 0.789 bits per heavy atom. The van der Waals surface area contributed by atoms with E-state index in [1.165, 1.54) is 70.6 Å². The van der Waals surface area contributed by atoms with Gasteiger partial charge in [-0.25, -0.2) is 0 Å². The van der Waals surface area contributed by atoms with Gasteiger partial charge in [0.2, 0.25) is 0 Å². The lowest BCUT2D eigenvalue weighted by molar-refractivity contribution is 0.541. The van der Waals surface area contributed by atoms with Crippen molar-refractivity contribution in [1.82, 2.24) is 0 Å². The fourth-order valence-electron chi connectivity index (χ4n) is 2.37. The second-order valence-corrected chi connectivity index (χ2v) is 13.3. The summed E-state index contributed by atoms with van der Waals surface area (Å²) in [5, 5.41) is 0. The molecule has 0 rings (SSSR count). The molecule has 0 amide bonds. The summed E-state index contributed by atoms with van der Waals surface area (Å²) in [6, 6.07) is 0. The van der Waals surface area contributed by atoms with Crippen LogP contribution in [0.15, 0.2) is 0 Å². The molecule has 0 aromatic carbocycles. The van der Waals surface area contributed by atoms with E-state index in [0.29, 0.717) is 0 Å². The van der Waals surface area contributed by atoms with E-state index in [4.69, 9.17) is 16.8 Å². The van der Waals surface area contributed by atoms with Crippen LogP contribution in [0.1, 0.15) is 84.0 Å². The molecule has 116 valence electrons. The minimum Gasteiger partial charge on any atom is -0.329 e. The molecule has 3 heteroatoms. The molecule has 1 atom stereocenters. The summed E-state index contributed by atoms with van der Waals surface area (Å²) in [4.78, 5) is 0. The molecule has 0 heterocycles. The standard InChI is InChI=1S/C16H36ClNSi/c1-4-5-6-7-8-9-10-11-12-13-14-15-16(18)19(2,3)17/h16H,4-15,18H2,1-3H3. The van der Waals surface area contributed by atoms with Crippen molar-refractivity contribution in [2.24, 2.45) is 5.73 Å². The first-order valence-electron chi connectivity index (χ1n) is 8.43. The Kier molecular flexibility index (Phi) is 12.5. The summed E-state index contributed by atoms with van der Waals surface area (Å²) in [6.07, 6.45) is 16.5. The Balaban J connectivity index is 3.15. The molecular weight excluding hydrogens is 270 g/mol. The summed E-state index contributed by atoms with van der Waals surface area (Å²) >= 11 is 6.33. The Morgan fingerprint density at radius 3 is 1.53 bits per heavy atom. The number of hydrogen-bond acceptors (Lipinski definition) is 1. The second kappa shape index (κ2) is 12.2. The smallest absolute Gasteiger partial charge is 0.166 e. The first kappa shape index (κ1) is 19.5. The van der Waals surface area contributed by atoms with E-state index in [1.54, 1.807) is 0 Å². The number of unbranched alkanes of at least 4 members (excludes halogenated alkanes) is 10. The van der Waals surface area contributed by atoms with E-state index in [0.717, 1.165) is 6.42 Å². The molecule has 0 saturated carbocycles. The quantitative estimate of drug-likeness (QED) is 0.252. The molecule has 0 spiro atoms. The molecule has 0 aromatic heterocycles. The first-order valence-corrected chi connectivity index (χ1v) is 12.5. The predicted octanol–water partition coefficient (Wildman–Crippen LogP) is 6.00. The maximum absolute atomic E-state index is 6.33. The zero-order valence-corrected chi connectivity index (χ0v) is 15.3. The molecule has 0 aromatic rings. The van der Waals surface area contributed by atoms with Gasteiger partial charge in [0.15, 0.2) is 7.38 Å². The van der Waals surface area contributed by atoms with Crippen LogP contribution in [-0.2, 0) is 0 Å². The molecule has 0 aliphatic rings. The molecule has 0 aliphatic heterocycles. The van der Waals surface area contributed by atoms with Crippen molar-refractivity contribution in [2.45, 2.75) is 103 Å². The molecule has 2 N–H and O–H groups in total. The largest absolute Gasteiger partial charge is 0.329 e. The van der Waals surface area contributed by atoms with Gasteiger partial charge >= 0.3 is 0 Å². The monoisotopic (exact) mass is 305 g/mol. The van der Waals surface area contributed by atoms with Crippen LogP contribution in [0.4, 0.5) is 0 Å². The number of hydrogen-bond donors (Lipinski definition) is 1. The Morgan fingerprint density at radius 2 is 1.16 bits per heavy atom. The van der Waals surface area contributed by atoms with Gasteiger partial charge < -0.3 is 5.73 Å². The SMILES string of the molecule is CCCCCCCCCCCCCC(N)[Si](C)(C)Cl. The topological polar surface area (TPSA) is 26.0 Å². The molecule has 1 unspecified atom stereocenters. The van der Waals surface area contributed by atoms with Crippen LogP contribution in [0, 0.1) is 0 Å². The van der Waals surface area contributed by atoms with Crippen LogP contribution >= 0.6 is 11.1 Å². The number of rotatable bonds is 13. The van der Waals surface area contributed by atoms with Crippen molar-refractivity contribution >= 4 is 18.5 Å². The fourth-order valence-corrected chi connectivity index (χ4v) is 3.59. The summed E-state index contributed by atoms with van der Waals surface area (Å²) in [7, 11) is -1.61. The lowest BCUT2D eigenvalue weighted by Crippen LogP contribution is -2.43. The highest BCUT2D eigenvalue weighted by molar-refractivity contribution is 7.19. The average Bonchev–Trinajstić information content (AvgIpc) is 2.34. The van der Waals surface area contributed by atoms with Gasteiger partial charge in [0.25, 0.3) is 0 Å². The highest BCUT2D eigenvalue weighted by atomic mass is 35.6. The van der Waals surface area contributed by atoms with Crippen molar-refractivity contribution in [3.05, 3.63) is 0 Å². The van der Waals surface area contributed by atoms with E-state index in [-0.39, 0.29) is 5.67 Å². The van der Waals surface area contributed by atoms with E-state index < -0.39 is 7.38 Å². The van der Waals surface area contributed by atoms with Crippen LogP contribution in [-0.4, -0.2) is 13.0 Å². The number of nitrogens with two attached hydrogens (primary N) is 1. The van der Waals surface area contributed by atoms with Crippen LogP contribution < -0.4 is 5.73 Å². The zero-order chi connectivity index (χ0) is 14.6. The van der Waals surface area contributed by atoms with Gasteiger partial charge in [-0.05, 0) is 6.42 Å². The molecule has 0 aliphatic carbocycles. The van der Waals surface area contributed by atoms with Crippen LogP contribution in [0.3, 0.4) is 0 Å². The Labute approximate surface area is 127 Å².